The molecule has 2 heterocycles. The van der Waals surface area contributed by atoms with Crippen LogP contribution in [0.3, 0.4) is 0 Å². The third kappa shape index (κ3) is 3.83. The van der Waals surface area contributed by atoms with Crippen molar-refractivity contribution in [3.63, 3.8) is 0 Å². The van der Waals surface area contributed by atoms with Crippen molar-refractivity contribution in [1.29, 1.82) is 0 Å². The van der Waals surface area contributed by atoms with Gasteiger partial charge in [-0.2, -0.15) is 0 Å². The molecule has 2 N–H and O–H groups in total. The quantitative estimate of drug-likeness (QED) is 0.780. The maximum atomic E-state index is 11.6. The summed E-state index contributed by atoms with van der Waals surface area (Å²) in [4.78, 5) is 14.0. The molecule has 2 rings (SSSR count). The maximum Gasteiger partial charge on any atom is 0.237 e. The third-order valence-electron chi connectivity index (χ3n) is 3.76. The van der Waals surface area contributed by atoms with Gasteiger partial charge in [0.15, 0.2) is 0 Å². The van der Waals surface area contributed by atoms with Crippen LogP contribution in [-0.4, -0.2) is 49.6 Å². The zero-order valence-electron chi connectivity index (χ0n) is 10.6. The van der Waals surface area contributed by atoms with Crippen molar-refractivity contribution in [2.75, 3.05) is 32.7 Å². The number of nitrogens with one attached hydrogen (secondary N) is 2. The standard InChI is InChI=1S/C12H23N3O.ClH/c1-2-15(11-5-7-14-12(11)16)9-10-4-3-6-13-8-10;/h10-11,13H,2-9H2,1H3,(H,14,16);1H. The number of carbonyl (C=O) groups is 1. The number of likely N-dealkylation sites (N-methyl/N-ethyl adjacent to an activating group) is 1. The monoisotopic (exact) mass is 261 g/mol. The summed E-state index contributed by atoms with van der Waals surface area (Å²) in [7, 11) is 0. The minimum atomic E-state index is 0. The highest BCUT2D eigenvalue weighted by Crippen LogP contribution is 2.16. The Labute approximate surface area is 110 Å². The molecule has 0 radical (unpaired) electrons. The fraction of sp³-hybridized carbons (Fsp3) is 0.917. The van der Waals surface area contributed by atoms with Crippen LogP contribution in [0.4, 0.5) is 0 Å². The van der Waals surface area contributed by atoms with Crippen LogP contribution in [-0.2, 0) is 4.79 Å². The number of halogens is 1. The Hall–Kier alpha value is -0.320. The second-order valence-electron chi connectivity index (χ2n) is 4.90. The van der Waals surface area contributed by atoms with Crippen molar-refractivity contribution >= 4 is 18.3 Å². The minimum Gasteiger partial charge on any atom is -0.355 e. The van der Waals surface area contributed by atoms with Crippen LogP contribution in [0.2, 0.25) is 0 Å². The van der Waals surface area contributed by atoms with Crippen LogP contribution in [0.5, 0.6) is 0 Å². The van der Waals surface area contributed by atoms with Gasteiger partial charge in [-0.3, -0.25) is 9.69 Å². The molecular weight excluding hydrogens is 238 g/mol. The largest absolute Gasteiger partial charge is 0.355 e. The van der Waals surface area contributed by atoms with Gasteiger partial charge in [0.1, 0.15) is 0 Å². The molecule has 0 aromatic rings. The van der Waals surface area contributed by atoms with E-state index in [9.17, 15) is 4.79 Å². The van der Waals surface area contributed by atoms with E-state index in [-0.39, 0.29) is 24.4 Å². The van der Waals surface area contributed by atoms with Crippen LogP contribution in [0, 0.1) is 5.92 Å². The second kappa shape index (κ2) is 7.19. The molecule has 1 amide bonds. The van der Waals surface area contributed by atoms with Crippen molar-refractivity contribution in [3.05, 3.63) is 0 Å². The average molecular weight is 262 g/mol. The van der Waals surface area contributed by atoms with Crippen molar-refractivity contribution in [2.45, 2.75) is 32.2 Å². The Bertz CT molecular complexity index is 244. The van der Waals surface area contributed by atoms with E-state index >= 15 is 0 Å². The van der Waals surface area contributed by atoms with Gasteiger partial charge in [0.05, 0.1) is 6.04 Å². The van der Waals surface area contributed by atoms with Crippen LogP contribution in [0.15, 0.2) is 0 Å². The van der Waals surface area contributed by atoms with Crippen molar-refractivity contribution in [1.82, 2.24) is 15.5 Å². The van der Waals surface area contributed by atoms with Gasteiger partial charge in [-0.1, -0.05) is 6.92 Å². The van der Waals surface area contributed by atoms with E-state index in [0.29, 0.717) is 0 Å². The van der Waals surface area contributed by atoms with Crippen molar-refractivity contribution < 1.29 is 4.79 Å². The molecule has 100 valence electrons. The summed E-state index contributed by atoms with van der Waals surface area (Å²) >= 11 is 0. The fourth-order valence-electron chi connectivity index (χ4n) is 2.82. The maximum absolute atomic E-state index is 11.6. The lowest BCUT2D eigenvalue weighted by Crippen LogP contribution is -2.45. The molecule has 2 atom stereocenters. The van der Waals surface area contributed by atoms with Gasteiger partial charge in [-0.05, 0) is 44.8 Å². The number of nitrogens with zero attached hydrogens (tertiary/aromatic N) is 1. The number of piperidine rings is 1. The normalized spacial score (nSPS) is 28.9. The average Bonchev–Trinajstić information content (AvgIpc) is 2.74. The highest BCUT2D eigenvalue weighted by Gasteiger charge is 2.30. The topological polar surface area (TPSA) is 44.4 Å². The predicted molar refractivity (Wildman–Crippen MR) is 71.5 cm³/mol. The molecule has 17 heavy (non-hydrogen) atoms. The second-order valence-corrected chi connectivity index (χ2v) is 4.90. The zero-order chi connectivity index (χ0) is 11.4. The summed E-state index contributed by atoms with van der Waals surface area (Å²) < 4.78 is 0. The molecule has 0 bridgehead atoms. The summed E-state index contributed by atoms with van der Waals surface area (Å²) in [5.41, 5.74) is 0. The molecule has 5 heteroatoms. The van der Waals surface area contributed by atoms with Gasteiger partial charge >= 0.3 is 0 Å². The van der Waals surface area contributed by atoms with Crippen LogP contribution >= 0.6 is 12.4 Å². The van der Waals surface area contributed by atoms with E-state index in [1.165, 1.54) is 12.8 Å². The molecule has 2 aliphatic rings. The van der Waals surface area contributed by atoms with E-state index in [0.717, 1.165) is 45.1 Å². The SMILES string of the molecule is CCN(CC1CCCNC1)C1CCNC1=O.Cl. The Kier molecular flexibility index (Phi) is 6.23. The first kappa shape index (κ1) is 14.7. The summed E-state index contributed by atoms with van der Waals surface area (Å²) in [6.07, 6.45) is 3.56. The molecule has 0 saturated carbocycles. The summed E-state index contributed by atoms with van der Waals surface area (Å²) in [5, 5.41) is 6.36. The minimum absolute atomic E-state index is 0. The van der Waals surface area contributed by atoms with Gasteiger partial charge in [-0.25, -0.2) is 0 Å². The lowest BCUT2D eigenvalue weighted by Gasteiger charge is -2.32. The summed E-state index contributed by atoms with van der Waals surface area (Å²) in [5.74, 6) is 0.952. The van der Waals surface area contributed by atoms with Gasteiger partial charge in [-0.15, -0.1) is 12.4 Å². The number of carbonyl (C=O) groups excluding carboxylic acids is 1. The first-order valence-corrected chi connectivity index (χ1v) is 6.53. The molecule has 2 aliphatic heterocycles. The molecule has 4 nitrogen and oxygen atoms in total. The molecule has 0 aromatic carbocycles. The molecule has 2 unspecified atom stereocenters. The van der Waals surface area contributed by atoms with Gasteiger partial charge in [0, 0.05) is 13.1 Å². The molecule has 2 saturated heterocycles. The van der Waals surface area contributed by atoms with Crippen LogP contribution < -0.4 is 10.6 Å². The highest BCUT2D eigenvalue weighted by molar-refractivity contribution is 5.85. The predicted octanol–water partition coefficient (Wildman–Crippen LogP) is 0.618. The molecule has 0 spiro atoms. The highest BCUT2D eigenvalue weighted by atomic mass is 35.5. The summed E-state index contributed by atoms with van der Waals surface area (Å²) in [6, 6.07) is 0.131. The summed E-state index contributed by atoms with van der Waals surface area (Å²) in [6.45, 7) is 7.33. The Morgan fingerprint density at radius 1 is 1.35 bits per heavy atom. The van der Waals surface area contributed by atoms with Crippen LogP contribution in [0.25, 0.3) is 0 Å². The molecule has 0 aliphatic carbocycles. The molecule has 0 aromatic heterocycles. The van der Waals surface area contributed by atoms with E-state index < -0.39 is 0 Å². The van der Waals surface area contributed by atoms with Crippen LogP contribution in [0.1, 0.15) is 26.2 Å². The van der Waals surface area contributed by atoms with E-state index in [4.69, 9.17) is 0 Å². The van der Waals surface area contributed by atoms with E-state index in [1.54, 1.807) is 0 Å². The Morgan fingerprint density at radius 2 is 2.18 bits per heavy atom. The van der Waals surface area contributed by atoms with E-state index in [1.807, 2.05) is 0 Å². The zero-order valence-corrected chi connectivity index (χ0v) is 11.4. The Morgan fingerprint density at radius 3 is 2.71 bits per heavy atom. The number of hydrogen-bond donors (Lipinski definition) is 2. The first-order valence-electron chi connectivity index (χ1n) is 6.53. The van der Waals surface area contributed by atoms with Crippen molar-refractivity contribution in [3.8, 4) is 0 Å². The van der Waals surface area contributed by atoms with Crippen molar-refractivity contribution in [2.24, 2.45) is 5.92 Å². The first-order chi connectivity index (χ1) is 7.81. The third-order valence-corrected chi connectivity index (χ3v) is 3.76. The molecular formula is C12H24ClN3O. The lowest BCUT2D eigenvalue weighted by atomic mass is 9.98. The van der Waals surface area contributed by atoms with Gasteiger partial charge in [0.2, 0.25) is 5.91 Å². The number of rotatable bonds is 4. The smallest absolute Gasteiger partial charge is 0.237 e. The Balaban J connectivity index is 0.00000144. The number of amides is 1. The molecule has 2 fully saturated rings. The van der Waals surface area contributed by atoms with E-state index in [2.05, 4.69) is 22.5 Å². The van der Waals surface area contributed by atoms with Gasteiger partial charge in [0.25, 0.3) is 0 Å². The van der Waals surface area contributed by atoms with Gasteiger partial charge < -0.3 is 10.6 Å². The fourth-order valence-corrected chi connectivity index (χ4v) is 2.82. The number of hydrogen-bond acceptors (Lipinski definition) is 3. The lowest BCUT2D eigenvalue weighted by molar-refractivity contribution is -0.123.